The molecule has 0 fully saturated rings. The van der Waals surface area contributed by atoms with Gasteiger partial charge in [0, 0.05) is 0 Å². The van der Waals surface area contributed by atoms with Crippen LogP contribution >= 0.6 is 0 Å². The van der Waals surface area contributed by atoms with Crippen molar-refractivity contribution in [1.82, 2.24) is 0 Å². The molecule has 2 aromatic rings. The Hall–Kier alpha value is -2.10. The van der Waals surface area contributed by atoms with E-state index in [4.69, 9.17) is 10.0 Å². The van der Waals surface area contributed by atoms with Crippen molar-refractivity contribution in [3.8, 4) is 11.1 Å². The van der Waals surface area contributed by atoms with E-state index in [9.17, 15) is 0 Å². The van der Waals surface area contributed by atoms with Gasteiger partial charge < -0.3 is 10.0 Å². The average molecular weight is 248 g/mol. The standard InChI is InChI=1S/C10H9BO2.C6H4/c12-11(13)10-7-3-5-8-4-1-2-6-9(8)10;1-2-6-4-3-5(1)6/h1-7,12-13H;1-4H. The van der Waals surface area contributed by atoms with E-state index in [2.05, 4.69) is 24.3 Å². The summed E-state index contributed by atoms with van der Waals surface area (Å²) < 4.78 is 0. The van der Waals surface area contributed by atoms with Gasteiger partial charge >= 0.3 is 7.12 Å². The van der Waals surface area contributed by atoms with Crippen LogP contribution in [-0.2, 0) is 0 Å². The lowest BCUT2D eigenvalue weighted by Gasteiger charge is -2.10. The maximum atomic E-state index is 9.08. The van der Waals surface area contributed by atoms with Gasteiger partial charge in [0.15, 0.2) is 0 Å². The summed E-state index contributed by atoms with van der Waals surface area (Å²) in [6.07, 6.45) is 0. The van der Waals surface area contributed by atoms with E-state index in [1.165, 1.54) is 11.1 Å². The maximum absolute atomic E-state index is 9.08. The lowest BCUT2D eigenvalue weighted by Crippen LogP contribution is -2.30. The fourth-order valence-electron chi connectivity index (χ4n) is 2.14. The Balaban J connectivity index is 0.000000151. The Morgan fingerprint density at radius 1 is 0.632 bits per heavy atom. The van der Waals surface area contributed by atoms with E-state index in [0.29, 0.717) is 5.46 Å². The number of hydrogen-bond donors (Lipinski definition) is 2. The summed E-state index contributed by atoms with van der Waals surface area (Å²) in [5.74, 6) is 0. The topological polar surface area (TPSA) is 40.5 Å². The minimum absolute atomic E-state index is 0.554. The molecular weight excluding hydrogens is 235 g/mol. The van der Waals surface area contributed by atoms with Crippen LogP contribution < -0.4 is 5.46 Å². The minimum Gasteiger partial charge on any atom is -0.423 e. The minimum atomic E-state index is -1.40. The summed E-state index contributed by atoms with van der Waals surface area (Å²) >= 11 is 0. The van der Waals surface area contributed by atoms with E-state index in [1.54, 1.807) is 6.07 Å². The fourth-order valence-corrected chi connectivity index (χ4v) is 2.14. The van der Waals surface area contributed by atoms with Gasteiger partial charge in [-0.3, -0.25) is 0 Å². The van der Waals surface area contributed by atoms with Crippen LogP contribution in [0.15, 0.2) is 66.7 Å². The Morgan fingerprint density at radius 2 is 1.21 bits per heavy atom. The van der Waals surface area contributed by atoms with Crippen molar-refractivity contribution in [2.24, 2.45) is 0 Å². The molecule has 0 bridgehead atoms. The molecule has 0 radical (unpaired) electrons. The van der Waals surface area contributed by atoms with Crippen LogP contribution in [0.2, 0.25) is 0 Å². The molecule has 3 heteroatoms. The smallest absolute Gasteiger partial charge is 0.423 e. The molecule has 0 saturated carbocycles. The molecule has 2 aromatic carbocycles. The van der Waals surface area contributed by atoms with Crippen molar-refractivity contribution in [3.63, 3.8) is 0 Å². The summed E-state index contributed by atoms with van der Waals surface area (Å²) in [4.78, 5) is 0. The third-order valence-electron chi connectivity index (χ3n) is 3.32. The molecule has 2 N–H and O–H groups in total. The Morgan fingerprint density at radius 3 is 1.74 bits per heavy atom. The van der Waals surface area contributed by atoms with Crippen LogP contribution in [0.4, 0.5) is 0 Å². The van der Waals surface area contributed by atoms with Gasteiger partial charge in [0.1, 0.15) is 0 Å². The SMILES string of the molecule is OB(O)c1cccc2ccccc12.c1cc2ccc1-2. The molecule has 0 heterocycles. The summed E-state index contributed by atoms with van der Waals surface area (Å²) in [6, 6.07) is 21.6. The van der Waals surface area contributed by atoms with E-state index in [1.807, 2.05) is 36.4 Å². The summed E-state index contributed by atoms with van der Waals surface area (Å²) in [7, 11) is -1.40. The predicted molar refractivity (Wildman–Crippen MR) is 79.2 cm³/mol. The zero-order chi connectivity index (χ0) is 13.2. The third kappa shape index (κ3) is 2.26. The molecule has 0 spiro atoms. The molecule has 0 saturated heterocycles. The highest BCUT2D eigenvalue weighted by Gasteiger charge is 2.13. The van der Waals surface area contributed by atoms with E-state index in [0.717, 1.165) is 10.8 Å². The second-order valence-electron chi connectivity index (χ2n) is 4.52. The van der Waals surface area contributed by atoms with Gasteiger partial charge in [0.25, 0.3) is 0 Å². The summed E-state index contributed by atoms with van der Waals surface area (Å²) in [5, 5.41) is 20.1. The second kappa shape index (κ2) is 4.88. The first kappa shape index (κ1) is 12.0. The predicted octanol–water partition coefficient (Wildman–Crippen LogP) is 2.19. The van der Waals surface area contributed by atoms with Gasteiger partial charge in [0.2, 0.25) is 0 Å². The highest BCUT2D eigenvalue weighted by atomic mass is 16.4. The Bertz CT molecular complexity index is 679. The van der Waals surface area contributed by atoms with Crippen LogP contribution in [-0.4, -0.2) is 17.2 Å². The van der Waals surface area contributed by atoms with Gasteiger partial charge in [-0.25, -0.2) is 0 Å². The lowest BCUT2D eigenvalue weighted by molar-refractivity contribution is 0.426. The van der Waals surface area contributed by atoms with Gasteiger partial charge in [0.05, 0.1) is 0 Å². The molecule has 0 atom stereocenters. The first-order valence-corrected chi connectivity index (χ1v) is 6.20. The highest BCUT2D eigenvalue weighted by molar-refractivity contribution is 6.61. The van der Waals surface area contributed by atoms with Crippen molar-refractivity contribution in [2.75, 3.05) is 0 Å². The molecule has 4 rings (SSSR count). The van der Waals surface area contributed by atoms with Crippen molar-refractivity contribution >= 4 is 23.4 Å². The van der Waals surface area contributed by atoms with E-state index >= 15 is 0 Å². The molecule has 0 amide bonds. The molecule has 2 aliphatic carbocycles. The maximum Gasteiger partial charge on any atom is 0.489 e. The summed E-state index contributed by atoms with van der Waals surface area (Å²) in [6.45, 7) is 0. The fraction of sp³-hybridized carbons (Fsp3) is 0. The van der Waals surface area contributed by atoms with Gasteiger partial charge in [-0.15, -0.1) is 0 Å². The lowest BCUT2D eigenvalue weighted by atomic mass is 9.77. The first-order chi connectivity index (χ1) is 9.25. The number of fused-ring (bicyclic) bond motifs is 2. The first-order valence-electron chi connectivity index (χ1n) is 6.20. The Kier molecular flexibility index (Phi) is 3.07. The molecule has 19 heavy (non-hydrogen) atoms. The largest absolute Gasteiger partial charge is 0.489 e. The molecule has 0 aliphatic heterocycles. The summed E-state index contributed by atoms with van der Waals surface area (Å²) in [5.41, 5.74) is 3.41. The van der Waals surface area contributed by atoms with Gasteiger partial charge in [-0.1, -0.05) is 66.7 Å². The van der Waals surface area contributed by atoms with Gasteiger partial charge in [-0.05, 0) is 27.4 Å². The molecule has 0 unspecified atom stereocenters. The molecule has 0 aromatic heterocycles. The molecule has 2 nitrogen and oxygen atoms in total. The van der Waals surface area contributed by atoms with Crippen molar-refractivity contribution in [2.45, 2.75) is 0 Å². The van der Waals surface area contributed by atoms with Crippen LogP contribution in [0, 0.1) is 0 Å². The van der Waals surface area contributed by atoms with Gasteiger partial charge in [-0.2, -0.15) is 0 Å². The van der Waals surface area contributed by atoms with Crippen LogP contribution in [0.5, 0.6) is 0 Å². The quantitative estimate of drug-likeness (QED) is 0.507. The second-order valence-corrected chi connectivity index (χ2v) is 4.52. The van der Waals surface area contributed by atoms with Crippen molar-refractivity contribution in [3.05, 3.63) is 66.7 Å². The highest BCUT2D eigenvalue weighted by Crippen LogP contribution is 2.29. The number of hydrogen-bond acceptors (Lipinski definition) is 2. The zero-order valence-corrected chi connectivity index (χ0v) is 10.3. The van der Waals surface area contributed by atoms with Crippen molar-refractivity contribution in [1.29, 1.82) is 0 Å². The van der Waals surface area contributed by atoms with Crippen LogP contribution in [0.25, 0.3) is 21.9 Å². The Labute approximate surface area is 112 Å². The normalized spacial score (nSPS) is 10.6. The number of rotatable bonds is 1. The zero-order valence-electron chi connectivity index (χ0n) is 10.3. The van der Waals surface area contributed by atoms with Crippen molar-refractivity contribution < 1.29 is 10.0 Å². The average Bonchev–Trinajstić information content (AvgIpc) is 2.42. The van der Waals surface area contributed by atoms with Crippen LogP contribution in [0.3, 0.4) is 0 Å². The molecule has 2 aliphatic rings. The molecular formula is C16H13BO2. The monoisotopic (exact) mass is 248 g/mol. The van der Waals surface area contributed by atoms with E-state index in [-0.39, 0.29) is 0 Å². The molecule has 92 valence electrons. The number of benzene rings is 3. The van der Waals surface area contributed by atoms with E-state index < -0.39 is 7.12 Å². The third-order valence-corrected chi connectivity index (χ3v) is 3.32. The van der Waals surface area contributed by atoms with Crippen LogP contribution in [0.1, 0.15) is 0 Å².